The molecule has 0 radical (unpaired) electrons. The summed E-state index contributed by atoms with van der Waals surface area (Å²) in [5.41, 5.74) is 2.55. The van der Waals surface area contributed by atoms with Crippen LogP contribution in [0.2, 0.25) is 0 Å². The van der Waals surface area contributed by atoms with Crippen molar-refractivity contribution in [2.45, 2.75) is 39.0 Å². The molecule has 0 aromatic carbocycles. The first-order valence-corrected chi connectivity index (χ1v) is 5.93. The molecule has 1 heterocycles. The maximum Gasteiger partial charge on any atom is 0.357 e. The third kappa shape index (κ3) is 2.23. The highest BCUT2D eigenvalue weighted by Crippen LogP contribution is 2.41. The molecule has 0 amide bonds. The van der Waals surface area contributed by atoms with Crippen LogP contribution in [0.1, 0.15) is 54.4 Å². The van der Waals surface area contributed by atoms with Gasteiger partial charge in [-0.2, -0.15) is 0 Å². The summed E-state index contributed by atoms with van der Waals surface area (Å²) in [5, 5.41) is 0. The maximum absolute atomic E-state index is 11.8. The number of hydrogen-bond acceptors (Lipinski definition) is 3. The zero-order valence-electron chi connectivity index (χ0n) is 9.82. The molecule has 86 valence electrons. The summed E-state index contributed by atoms with van der Waals surface area (Å²) in [7, 11) is 0. The van der Waals surface area contributed by atoms with Gasteiger partial charge in [0.15, 0.2) is 5.69 Å². The van der Waals surface area contributed by atoms with E-state index in [1.54, 1.807) is 0 Å². The Kier molecular flexibility index (Phi) is 3.22. The Morgan fingerprint density at radius 2 is 2.19 bits per heavy atom. The fourth-order valence-electron chi connectivity index (χ4n) is 1.79. The van der Waals surface area contributed by atoms with E-state index in [-0.39, 0.29) is 5.97 Å². The van der Waals surface area contributed by atoms with Crippen molar-refractivity contribution in [3.8, 4) is 0 Å². The van der Waals surface area contributed by atoms with E-state index >= 15 is 0 Å². The SMILES string of the molecule is CCOC(=O)c1nc(CC)ccc1C1CC1. The molecular formula is C13H17NO2. The van der Waals surface area contributed by atoms with E-state index in [9.17, 15) is 4.79 Å². The van der Waals surface area contributed by atoms with Crippen LogP contribution in [0.25, 0.3) is 0 Å². The zero-order chi connectivity index (χ0) is 11.5. The van der Waals surface area contributed by atoms with Crippen molar-refractivity contribution in [1.29, 1.82) is 0 Å². The van der Waals surface area contributed by atoms with Crippen LogP contribution in [0, 0.1) is 0 Å². The number of pyridine rings is 1. The minimum absolute atomic E-state index is 0.278. The summed E-state index contributed by atoms with van der Waals surface area (Å²) >= 11 is 0. The minimum atomic E-state index is -0.278. The molecule has 0 bridgehead atoms. The second kappa shape index (κ2) is 4.64. The molecule has 0 N–H and O–H groups in total. The maximum atomic E-state index is 11.8. The Morgan fingerprint density at radius 3 is 2.75 bits per heavy atom. The third-order valence-corrected chi connectivity index (χ3v) is 2.83. The summed E-state index contributed by atoms with van der Waals surface area (Å²) in [5.74, 6) is 0.248. The predicted molar refractivity (Wildman–Crippen MR) is 61.5 cm³/mol. The lowest BCUT2D eigenvalue weighted by Gasteiger charge is -2.08. The summed E-state index contributed by atoms with van der Waals surface area (Å²) in [6, 6.07) is 4.05. The number of nitrogens with zero attached hydrogens (tertiary/aromatic N) is 1. The molecule has 16 heavy (non-hydrogen) atoms. The topological polar surface area (TPSA) is 39.2 Å². The van der Waals surface area contributed by atoms with Gasteiger partial charge < -0.3 is 4.74 Å². The van der Waals surface area contributed by atoms with Gasteiger partial charge >= 0.3 is 5.97 Å². The van der Waals surface area contributed by atoms with Crippen LogP contribution in [-0.2, 0) is 11.2 Å². The fourth-order valence-corrected chi connectivity index (χ4v) is 1.79. The molecule has 1 aliphatic rings. The number of carbonyl (C=O) groups excluding carboxylic acids is 1. The smallest absolute Gasteiger partial charge is 0.357 e. The first kappa shape index (κ1) is 11.1. The van der Waals surface area contributed by atoms with E-state index < -0.39 is 0 Å². The second-order valence-corrected chi connectivity index (χ2v) is 4.09. The van der Waals surface area contributed by atoms with Crippen LogP contribution < -0.4 is 0 Å². The Labute approximate surface area is 95.8 Å². The highest BCUT2D eigenvalue weighted by atomic mass is 16.5. The van der Waals surface area contributed by atoms with Gasteiger partial charge in [-0.1, -0.05) is 13.0 Å². The van der Waals surface area contributed by atoms with Gasteiger partial charge in [0.2, 0.25) is 0 Å². The molecule has 1 aromatic heterocycles. The molecule has 1 saturated carbocycles. The Hall–Kier alpha value is -1.38. The lowest BCUT2D eigenvalue weighted by molar-refractivity contribution is 0.0517. The molecule has 1 aliphatic carbocycles. The molecular weight excluding hydrogens is 202 g/mol. The summed E-state index contributed by atoms with van der Waals surface area (Å²) < 4.78 is 5.04. The molecule has 1 aromatic rings. The lowest BCUT2D eigenvalue weighted by Crippen LogP contribution is -2.11. The third-order valence-electron chi connectivity index (χ3n) is 2.83. The number of aromatic nitrogens is 1. The first-order valence-electron chi connectivity index (χ1n) is 5.93. The summed E-state index contributed by atoms with van der Waals surface area (Å²) in [6.45, 7) is 4.26. The summed E-state index contributed by atoms with van der Waals surface area (Å²) in [6.07, 6.45) is 3.18. The molecule has 0 saturated heterocycles. The quantitative estimate of drug-likeness (QED) is 0.731. The highest BCUT2D eigenvalue weighted by molar-refractivity contribution is 5.89. The molecule has 0 unspecified atom stereocenters. The van der Waals surface area contributed by atoms with E-state index in [0.717, 1.165) is 17.7 Å². The average Bonchev–Trinajstić information content (AvgIpc) is 3.12. The number of ether oxygens (including phenoxy) is 1. The lowest BCUT2D eigenvalue weighted by atomic mass is 10.1. The molecule has 2 rings (SSSR count). The zero-order valence-corrected chi connectivity index (χ0v) is 9.82. The van der Waals surface area contributed by atoms with Gasteiger partial charge in [-0.25, -0.2) is 9.78 Å². The van der Waals surface area contributed by atoms with E-state index in [2.05, 4.69) is 4.98 Å². The van der Waals surface area contributed by atoms with Crippen LogP contribution in [0.5, 0.6) is 0 Å². The van der Waals surface area contributed by atoms with E-state index in [1.165, 1.54) is 12.8 Å². The predicted octanol–water partition coefficient (Wildman–Crippen LogP) is 2.70. The standard InChI is InChI=1S/C13H17NO2/c1-3-10-7-8-11(9-5-6-9)12(14-10)13(15)16-4-2/h7-9H,3-6H2,1-2H3. The Morgan fingerprint density at radius 1 is 1.44 bits per heavy atom. The molecule has 1 fully saturated rings. The minimum Gasteiger partial charge on any atom is -0.461 e. The molecule has 0 spiro atoms. The normalized spacial score (nSPS) is 14.9. The molecule has 3 heteroatoms. The molecule has 0 atom stereocenters. The van der Waals surface area contributed by atoms with Crippen molar-refractivity contribution >= 4 is 5.97 Å². The number of aryl methyl sites for hydroxylation is 1. The van der Waals surface area contributed by atoms with E-state index in [4.69, 9.17) is 4.74 Å². The number of hydrogen-bond donors (Lipinski definition) is 0. The van der Waals surface area contributed by atoms with E-state index in [1.807, 2.05) is 26.0 Å². The van der Waals surface area contributed by atoms with Gasteiger partial charge in [-0.05, 0) is 43.7 Å². The van der Waals surface area contributed by atoms with Crippen LogP contribution in [0.15, 0.2) is 12.1 Å². The van der Waals surface area contributed by atoms with Gasteiger partial charge in [0.25, 0.3) is 0 Å². The van der Waals surface area contributed by atoms with Gasteiger partial charge in [-0.3, -0.25) is 0 Å². The van der Waals surface area contributed by atoms with Gasteiger partial charge in [0.1, 0.15) is 0 Å². The van der Waals surface area contributed by atoms with Crippen molar-refractivity contribution in [1.82, 2.24) is 4.98 Å². The molecule has 3 nitrogen and oxygen atoms in total. The van der Waals surface area contributed by atoms with Crippen molar-refractivity contribution in [3.05, 3.63) is 29.1 Å². The average molecular weight is 219 g/mol. The number of rotatable bonds is 4. The van der Waals surface area contributed by atoms with Crippen molar-refractivity contribution < 1.29 is 9.53 Å². The highest BCUT2D eigenvalue weighted by Gasteiger charge is 2.29. The van der Waals surface area contributed by atoms with Crippen LogP contribution in [0.4, 0.5) is 0 Å². The number of esters is 1. The fraction of sp³-hybridized carbons (Fsp3) is 0.538. The largest absolute Gasteiger partial charge is 0.461 e. The van der Waals surface area contributed by atoms with Crippen molar-refractivity contribution in [2.24, 2.45) is 0 Å². The van der Waals surface area contributed by atoms with Crippen LogP contribution in [-0.4, -0.2) is 17.6 Å². The molecule has 0 aliphatic heterocycles. The Balaban J connectivity index is 2.33. The van der Waals surface area contributed by atoms with Crippen molar-refractivity contribution in [2.75, 3.05) is 6.61 Å². The van der Waals surface area contributed by atoms with Crippen LogP contribution in [0.3, 0.4) is 0 Å². The first-order chi connectivity index (χ1) is 7.76. The van der Waals surface area contributed by atoms with Gasteiger partial charge in [0, 0.05) is 5.69 Å². The monoisotopic (exact) mass is 219 g/mol. The second-order valence-electron chi connectivity index (χ2n) is 4.09. The van der Waals surface area contributed by atoms with Gasteiger partial charge in [0.05, 0.1) is 6.61 Å². The van der Waals surface area contributed by atoms with Crippen LogP contribution >= 0.6 is 0 Å². The van der Waals surface area contributed by atoms with E-state index in [0.29, 0.717) is 18.2 Å². The van der Waals surface area contributed by atoms with Gasteiger partial charge in [-0.15, -0.1) is 0 Å². The van der Waals surface area contributed by atoms with Crippen molar-refractivity contribution in [3.63, 3.8) is 0 Å². The summed E-state index contributed by atoms with van der Waals surface area (Å²) in [4.78, 5) is 16.2. The Bertz CT molecular complexity index is 397. The number of carbonyl (C=O) groups is 1.